The molecular formula is C18H20FN5OS. The number of para-hydroxylation sites is 1. The smallest absolute Gasteiger partial charge is 0.274 e. The topological polar surface area (TPSA) is 54.3 Å². The monoisotopic (exact) mass is 373 g/mol. The van der Waals surface area contributed by atoms with Gasteiger partial charge in [0.25, 0.3) is 5.91 Å². The van der Waals surface area contributed by atoms with E-state index >= 15 is 0 Å². The summed E-state index contributed by atoms with van der Waals surface area (Å²) >= 11 is 1.52. The lowest BCUT2D eigenvalue weighted by molar-refractivity contribution is 0.0702. The van der Waals surface area contributed by atoms with Crippen LogP contribution in [0.25, 0.3) is 10.2 Å². The molecular weight excluding hydrogens is 353 g/mol. The normalized spacial score (nSPS) is 15.6. The summed E-state index contributed by atoms with van der Waals surface area (Å²) in [7, 11) is 3.64. The third-order valence-corrected chi connectivity index (χ3v) is 5.98. The average molecular weight is 373 g/mol. The molecule has 0 spiro atoms. The fourth-order valence-electron chi connectivity index (χ4n) is 3.36. The molecule has 0 unspecified atom stereocenters. The summed E-state index contributed by atoms with van der Waals surface area (Å²) in [5.41, 5.74) is 0.913. The Kier molecular flexibility index (Phi) is 4.36. The van der Waals surface area contributed by atoms with Crippen molar-refractivity contribution < 1.29 is 9.18 Å². The van der Waals surface area contributed by atoms with Crippen LogP contribution in [0.4, 0.5) is 9.52 Å². The fourth-order valence-corrected chi connectivity index (χ4v) is 4.39. The molecule has 1 saturated heterocycles. The lowest BCUT2D eigenvalue weighted by Gasteiger charge is -2.36. The number of nitrogens with zero attached hydrogens (tertiary/aromatic N) is 5. The minimum absolute atomic E-state index is 0.0499. The zero-order valence-electron chi connectivity index (χ0n) is 14.7. The minimum Gasteiger partial charge on any atom is -0.348 e. The molecule has 0 atom stereocenters. The van der Waals surface area contributed by atoms with Crippen LogP contribution >= 0.6 is 11.3 Å². The molecule has 6 nitrogen and oxygen atoms in total. The molecule has 0 radical (unpaired) electrons. The first-order valence-corrected chi connectivity index (χ1v) is 9.41. The molecule has 1 aliphatic heterocycles. The van der Waals surface area contributed by atoms with Gasteiger partial charge in [-0.25, -0.2) is 9.37 Å². The van der Waals surface area contributed by atoms with Crippen molar-refractivity contribution in [3.63, 3.8) is 0 Å². The highest BCUT2D eigenvalue weighted by Crippen LogP contribution is 2.32. The number of thiazole rings is 1. The molecule has 136 valence electrons. The number of hydrogen-bond acceptors (Lipinski definition) is 5. The molecule has 0 saturated carbocycles. The van der Waals surface area contributed by atoms with E-state index in [2.05, 4.69) is 15.0 Å². The summed E-state index contributed by atoms with van der Waals surface area (Å²) < 4.78 is 16.4. The summed E-state index contributed by atoms with van der Waals surface area (Å²) in [6.07, 6.45) is 3.48. The number of anilines is 1. The molecule has 4 rings (SSSR count). The second-order valence-electron chi connectivity index (χ2n) is 6.59. The molecule has 1 fully saturated rings. The van der Waals surface area contributed by atoms with Gasteiger partial charge in [0.15, 0.2) is 5.13 Å². The summed E-state index contributed by atoms with van der Waals surface area (Å²) in [5, 5.41) is 5.04. The van der Waals surface area contributed by atoms with E-state index in [1.54, 1.807) is 35.0 Å². The summed E-state index contributed by atoms with van der Waals surface area (Å²) in [4.78, 5) is 21.0. The minimum atomic E-state index is -0.277. The lowest BCUT2D eigenvalue weighted by atomic mass is 10.0. The maximum absolute atomic E-state index is 13.9. The fraction of sp³-hybridized carbons (Fsp3) is 0.389. The quantitative estimate of drug-likeness (QED) is 0.708. The number of aryl methyl sites for hydroxylation is 1. The van der Waals surface area contributed by atoms with E-state index in [9.17, 15) is 9.18 Å². The Morgan fingerprint density at radius 3 is 2.73 bits per heavy atom. The average Bonchev–Trinajstić information content (AvgIpc) is 3.28. The largest absolute Gasteiger partial charge is 0.348 e. The van der Waals surface area contributed by atoms with E-state index in [4.69, 9.17) is 0 Å². The molecule has 0 bridgehead atoms. The van der Waals surface area contributed by atoms with Crippen LogP contribution in [0, 0.1) is 5.82 Å². The summed E-state index contributed by atoms with van der Waals surface area (Å²) in [6, 6.07) is 6.96. The van der Waals surface area contributed by atoms with Gasteiger partial charge in [-0.3, -0.25) is 9.48 Å². The molecule has 8 heteroatoms. The highest BCUT2D eigenvalue weighted by atomic mass is 32.1. The number of amides is 1. The van der Waals surface area contributed by atoms with Gasteiger partial charge in [-0.2, -0.15) is 5.10 Å². The van der Waals surface area contributed by atoms with Gasteiger partial charge in [-0.1, -0.05) is 17.4 Å². The first-order valence-electron chi connectivity index (χ1n) is 8.60. The maximum atomic E-state index is 13.9. The van der Waals surface area contributed by atoms with Crippen molar-refractivity contribution >= 4 is 32.6 Å². The Balaban J connectivity index is 1.43. The van der Waals surface area contributed by atoms with Gasteiger partial charge in [0, 0.05) is 39.4 Å². The number of halogens is 1. The molecule has 0 N–H and O–H groups in total. The Hall–Kier alpha value is -2.48. The number of piperidine rings is 1. The first kappa shape index (κ1) is 17.0. The van der Waals surface area contributed by atoms with Crippen LogP contribution in [0.15, 0.2) is 30.5 Å². The third-order valence-electron chi connectivity index (χ3n) is 4.89. The second kappa shape index (κ2) is 6.68. The summed E-state index contributed by atoms with van der Waals surface area (Å²) in [5.74, 6) is -0.327. The van der Waals surface area contributed by atoms with Crippen molar-refractivity contribution in [3.05, 3.63) is 42.0 Å². The molecule has 3 aromatic rings. The van der Waals surface area contributed by atoms with E-state index in [1.165, 1.54) is 17.4 Å². The SMILES string of the molecule is CN(C(=O)c1ccn(C)n1)C1CCN(c2nc3c(F)cccc3s2)CC1. The standard InChI is InChI=1S/C18H20FN5OS/c1-22-9-8-14(21-22)17(25)23(2)12-6-10-24(11-7-12)18-20-16-13(19)4-3-5-15(16)26-18/h3-5,8-9,12H,6-7,10-11H2,1-2H3. The Bertz CT molecular complexity index is 944. The van der Waals surface area contributed by atoms with Gasteiger partial charge in [0.05, 0.1) is 4.70 Å². The second-order valence-corrected chi connectivity index (χ2v) is 7.60. The van der Waals surface area contributed by atoms with Gasteiger partial charge in [0.2, 0.25) is 0 Å². The van der Waals surface area contributed by atoms with Crippen molar-refractivity contribution in [2.24, 2.45) is 7.05 Å². The Labute approximate surface area is 154 Å². The van der Waals surface area contributed by atoms with Crippen molar-refractivity contribution in [1.82, 2.24) is 19.7 Å². The predicted octanol–water partition coefficient (Wildman–Crippen LogP) is 2.91. The Morgan fingerprint density at radius 1 is 1.31 bits per heavy atom. The molecule has 1 aromatic carbocycles. The van der Waals surface area contributed by atoms with Crippen LogP contribution in [0.3, 0.4) is 0 Å². The van der Waals surface area contributed by atoms with Gasteiger partial charge >= 0.3 is 0 Å². The molecule has 0 aliphatic carbocycles. The summed E-state index contributed by atoms with van der Waals surface area (Å²) in [6.45, 7) is 1.60. The van der Waals surface area contributed by atoms with E-state index in [-0.39, 0.29) is 17.8 Å². The predicted molar refractivity (Wildman–Crippen MR) is 100 cm³/mol. The lowest BCUT2D eigenvalue weighted by Crippen LogP contribution is -2.45. The third kappa shape index (κ3) is 3.05. The maximum Gasteiger partial charge on any atom is 0.274 e. The van der Waals surface area contributed by atoms with Crippen LogP contribution in [-0.2, 0) is 7.05 Å². The highest BCUT2D eigenvalue weighted by molar-refractivity contribution is 7.22. The van der Waals surface area contributed by atoms with E-state index in [1.807, 2.05) is 13.1 Å². The number of carbonyl (C=O) groups is 1. The molecule has 1 aliphatic rings. The Morgan fingerprint density at radius 2 is 2.08 bits per heavy atom. The van der Waals surface area contributed by atoms with Crippen LogP contribution < -0.4 is 4.90 Å². The first-order chi connectivity index (χ1) is 12.5. The van der Waals surface area contributed by atoms with Crippen LogP contribution in [0.5, 0.6) is 0 Å². The number of benzene rings is 1. The zero-order valence-corrected chi connectivity index (χ0v) is 15.5. The van der Waals surface area contributed by atoms with Crippen LogP contribution in [0.1, 0.15) is 23.3 Å². The van der Waals surface area contributed by atoms with Crippen molar-refractivity contribution in [2.45, 2.75) is 18.9 Å². The highest BCUT2D eigenvalue weighted by Gasteiger charge is 2.28. The van der Waals surface area contributed by atoms with E-state index in [0.29, 0.717) is 11.2 Å². The van der Waals surface area contributed by atoms with E-state index in [0.717, 1.165) is 35.8 Å². The van der Waals surface area contributed by atoms with Gasteiger partial charge in [0.1, 0.15) is 17.0 Å². The van der Waals surface area contributed by atoms with E-state index < -0.39 is 0 Å². The molecule has 1 amide bonds. The van der Waals surface area contributed by atoms with Crippen LogP contribution in [0.2, 0.25) is 0 Å². The zero-order chi connectivity index (χ0) is 18.3. The number of hydrogen-bond donors (Lipinski definition) is 0. The number of fused-ring (bicyclic) bond motifs is 1. The van der Waals surface area contributed by atoms with Gasteiger partial charge in [-0.05, 0) is 31.0 Å². The van der Waals surface area contributed by atoms with Crippen molar-refractivity contribution in [2.75, 3.05) is 25.0 Å². The van der Waals surface area contributed by atoms with Crippen molar-refractivity contribution in [1.29, 1.82) is 0 Å². The number of carbonyl (C=O) groups excluding carboxylic acids is 1. The molecule has 2 aromatic heterocycles. The molecule has 26 heavy (non-hydrogen) atoms. The molecule has 3 heterocycles. The number of aromatic nitrogens is 3. The van der Waals surface area contributed by atoms with Gasteiger partial charge in [-0.15, -0.1) is 0 Å². The van der Waals surface area contributed by atoms with Crippen molar-refractivity contribution in [3.8, 4) is 0 Å². The number of rotatable bonds is 3. The van der Waals surface area contributed by atoms with Crippen LogP contribution in [-0.4, -0.2) is 51.8 Å². The van der Waals surface area contributed by atoms with Gasteiger partial charge < -0.3 is 9.80 Å².